The average molecular weight is 809 g/mol. The molecule has 0 unspecified atom stereocenters. The van der Waals surface area contributed by atoms with Gasteiger partial charge < -0.3 is 8.37 Å². The van der Waals surface area contributed by atoms with Crippen molar-refractivity contribution in [2.45, 2.75) is 51.3 Å². The fourth-order valence-electron chi connectivity index (χ4n) is 7.30. The molecule has 0 aliphatic carbocycles. The molecule has 0 aliphatic rings. The van der Waals surface area contributed by atoms with E-state index in [4.69, 9.17) is 28.8 Å². The molecular weight excluding hydrogens is 773 g/mol. The van der Waals surface area contributed by atoms with E-state index >= 15 is 0 Å². The number of fused-ring (bicyclic) bond motifs is 6. The van der Waals surface area contributed by atoms with Gasteiger partial charge in [-0.2, -0.15) is 16.8 Å². The molecule has 14 heteroatoms. The molecule has 7 aromatic carbocycles. The quantitative estimate of drug-likeness (QED) is 0.136. The van der Waals surface area contributed by atoms with Crippen molar-refractivity contribution in [1.29, 1.82) is 0 Å². The number of aryl methyl sites for hydroxylation is 6. The maximum absolute atomic E-state index is 14.0. The largest absolute Gasteiger partial charge is 0.376 e. The van der Waals surface area contributed by atoms with Crippen LogP contribution in [0, 0.1) is 41.5 Å². The molecule has 0 bridgehead atoms. The molecule has 290 valence electrons. The van der Waals surface area contributed by atoms with Gasteiger partial charge in [-0.15, -0.1) is 30.0 Å². The molecule has 12 nitrogen and oxygen atoms in total. The van der Waals surface area contributed by atoms with Gasteiger partial charge in [0.15, 0.2) is 11.5 Å². The Kier molecular flexibility index (Phi) is 8.60. The molecule has 0 saturated heterocycles. The first-order valence-corrected chi connectivity index (χ1v) is 21.2. The minimum atomic E-state index is -4.47. The number of hydrogen-bond donors (Lipinski definition) is 0. The fraction of sp³-hybridized carbons (Fsp3) is 0.136. The Morgan fingerprint density at radius 1 is 0.414 bits per heavy atom. The van der Waals surface area contributed by atoms with Crippen LogP contribution >= 0.6 is 0 Å². The Morgan fingerprint density at radius 3 is 1.17 bits per heavy atom. The highest BCUT2D eigenvalue weighted by Crippen LogP contribution is 2.38. The van der Waals surface area contributed by atoms with Crippen LogP contribution in [0.3, 0.4) is 0 Å². The number of nitrogens with zero attached hydrogens (tertiary/aromatic N) is 6. The average Bonchev–Trinajstić information content (AvgIpc) is 3.81. The van der Waals surface area contributed by atoms with Gasteiger partial charge in [-0.05, 0) is 112 Å². The van der Waals surface area contributed by atoms with Gasteiger partial charge in [0, 0.05) is 22.9 Å². The van der Waals surface area contributed by atoms with E-state index in [0.29, 0.717) is 22.1 Å². The predicted octanol–water partition coefficient (Wildman–Crippen LogP) is 8.85. The first-order valence-electron chi connectivity index (χ1n) is 18.4. The third-order valence-electron chi connectivity index (χ3n) is 10.2. The van der Waals surface area contributed by atoms with Crippen LogP contribution in [0.2, 0.25) is 0 Å². The van der Waals surface area contributed by atoms with E-state index in [1.165, 1.54) is 46.0 Å². The summed E-state index contributed by atoms with van der Waals surface area (Å²) >= 11 is 0. The van der Waals surface area contributed by atoms with Crippen LogP contribution in [0.25, 0.3) is 55.0 Å². The molecular formula is C44H36N6O6S2. The van der Waals surface area contributed by atoms with Gasteiger partial charge in [-0.25, -0.2) is 0 Å². The minimum Gasteiger partial charge on any atom is -0.376 e. The molecule has 0 aliphatic heterocycles. The van der Waals surface area contributed by atoms with Crippen molar-refractivity contribution < 1.29 is 25.2 Å². The number of benzene rings is 7. The van der Waals surface area contributed by atoms with Gasteiger partial charge in [0.05, 0.1) is 0 Å². The summed E-state index contributed by atoms with van der Waals surface area (Å²) in [4.78, 5) is 2.26. The summed E-state index contributed by atoms with van der Waals surface area (Å²) in [6.45, 7) is 11.7. The third-order valence-corrected chi connectivity index (χ3v) is 12.7. The molecule has 9 rings (SSSR count). The molecule has 0 saturated carbocycles. The molecule has 0 amide bonds. The lowest BCUT2D eigenvalue weighted by Crippen LogP contribution is -2.16. The Morgan fingerprint density at radius 2 is 0.793 bits per heavy atom. The highest BCUT2D eigenvalue weighted by Gasteiger charge is 2.28. The molecule has 0 spiro atoms. The maximum atomic E-state index is 14.0. The summed E-state index contributed by atoms with van der Waals surface area (Å²) in [5.74, 6) is -0.462. The Balaban J connectivity index is 1.32. The van der Waals surface area contributed by atoms with E-state index in [0.717, 1.165) is 54.9 Å². The van der Waals surface area contributed by atoms with Gasteiger partial charge in [-0.3, -0.25) is 0 Å². The molecule has 58 heavy (non-hydrogen) atoms. The topological polar surface area (TPSA) is 148 Å². The van der Waals surface area contributed by atoms with Crippen molar-refractivity contribution in [3.8, 4) is 22.9 Å². The van der Waals surface area contributed by atoms with Crippen molar-refractivity contribution in [2.24, 2.45) is 0 Å². The predicted molar refractivity (Wildman–Crippen MR) is 223 cm³/mol. The second kappa shape index (κ2) is 13.5. The lowest BCUT2D eigenvalue weighted by molar-refractivity contribution is 0.471. The second-order valence-electron chi connectivity index (χ2n) is 14.7. The Bertz CT molecular complexity index is 3150. The SMILES string of the molecule is Cc1ccc(S(=O)(=O)Oc2cc(-n3nc4ccc5c(C)cc(C)cc5c4n3)c(OS(=O)(=O)c3ccc(C)cc3)cc2-n2nc3ccc4c(C)cc(C)cc4c3n2)cc1. The summed E-state index contributed by atoms with van der Waals surface area (Å²) in [5, 5.41) is 22.8. The molecule has 0 radical (unpaired) electrons. The lowest BCUT2D eigenvalue weighted by Gasteiger charge is -2.16. The van der Waals surface area contributed by atoms with E-state index in [1.807, 2.05) is 77.9 Å². The van der Waals surface area contributed by atoms with Crippen LogP contribution in [-0.4, -0.2) is 46.8 Å². The van der Waals surface area contributed by atoms with Crippen LogP contribution in [0.15, 0.2) is 119 Å². The monoisotopic (exact) mass is 808 g/mol. The molecule has 2 heterocycles. The van der Waals surface area contributed by atoms with E-state index in [9.17, 15) is 16.8 Å². The summed E-state index contributed by atoms with van der Waals surface area (Å²) < 4.78 is 67.9. The summed E-state index contributed by atoms with van der Waals surface area (Å²) in [7, 11) is -8.94. The van der Waals surface area contributed by atoms with Crippen molar-refractivity contribution in [1.82, 2.24) is 30.0 Å². The van der Waals surface area contributed by atoms with Crippen molar-refractivity contribution >= 4 is 63.8 Å². The number of rotatable bonds is 8. The van der Waals surface area contributed by atoms with E-state index in [-0.39, 0.29) is 32.7 Å². The maximum Gasteiger partial charge on any atom is 0.339 e. The van der Waals surface area contributed by atoms with E-state index < -0.39 is 20.2 Å². The number of hydrogen-bond acceptors (Lipinski definition) is 10. The van der Waals surface area contributed by atoms with Gasteiger partial charge in [0.25, 0.3) is 0 Å². The summed E-state index contributed by atoms with van der Waals surface area (Å²) in [6, 6.07) is 30.9. The van der Waals surface area contributed by atoms with Gasteiger partial charge in [-0.1, -0.05) is 70.8 Å². The fourth-order valence-corrected chi connectivity index (χ4v) is 9.17. The van der Waals surface area contributed by atoms with Gasteiger partial charge in [0.1, 0.15) is 43.2 Å². The Labute approximate surface area is 334 Å². The lowest BCUT2D eigenvalue weighted by atomic mass is 10.0. The molecule has 0 atom stereocenters. The molecule has 2 aromatic heterocycles. The van der Waals surface area contributed by atoms with Crippen molar-refractivity contribution in [3.05, 3.63) is 143 Å². The van der Waals surface area contributed by atoms with Crippen LogP contribution in [0.1, 0.15) is 33.4 Å². The van der Waals surface area contributed by atoms with Gasteiger partial charge >= 0.3 is 20.2 Å². The summed E-state index contributed by atoms with van der Waals surface area (Å²) in [5.41, 5.74) is 7.97. The highest BCUT2D eigenvalue weighted by atomic mass is 32.2. The first-order chi connectivity index (χ1) is 27.6. The highest BCUT2D eigenvalue weighted by molar-refractivity contribution is 7.87. The van der Waals surface area contributed by atoms with Crippen LogP contribution in [0.4, 0.5) is 0 Å². The van der Waals surface area contributed by atoms with Crippen molar-refractivity contribution in [3.63, 3.8) is 0 Å². The standard InChI is InChI=1S/C44H36N6O6S2/c1-25-7-11-31(12-8-25)57(51,52)55-41-23-40(50-46-38-18-16-34-30(6)20-28(4)22-36(34)44(38)48-50)42(56-58(53,54)32-13-9-26(2)10-14-32)24-39(41)49-45-37-17-15-33-29(5)19-27(3)21-35(33)43(37)47-49/h7-24H,1-6H3. The zero-order valence-electron chi connectivity index (χ0n) is 32.3. The molecule has 0 N–H and O–H groups in total. The van der Waals surface area contributed by atoms with Crippen molar-refractivity contribution in [2.75, 3.05) is 0 Å². The molecule has 0 fully saturated rings. The molecule has 9 aromatic rings. The summed E-state index contributed by atoms with van der Waals surface area (Å²) in [6.07, 6.45) is 0. The second-order valence-corrected chi connectivity index (χ2v) is 17.8. The van der Waals surface area contributed by atoms with E-state index in [2.05, 4.69) is 12.1 Å². The van der Waals surface area contributed by atoms with E-state index in [1.54, 1.807) is 24.3 Å². The number of aromatic nitrogens is 6. The zero-order valence-corrected chi connectivity index (χ0v) is 34.0. The minimum absolute atomic E-state index is 0.0179. The van der Waals surface area contributed by atoms with Crippen LogP contribution < -0.4 is 8.37 Å². The van der Waals surface area contributed by atoms with Crippen LogP contribution in [-0.2, 0) is 20.2 Å². The van der Waals surface area contributed by atoms with Crippen LogP contribution in [0.5, 0.6) is 11.5 Å². The first kappa shape index (κ1) is 37.0. The van der Waals surface area contributed by atoms with Gasteiger partial charge in [0.2, 0.25) is 0 Å². The smallest absolute Gasteiger partial charge is 0.339 e. The Hall–Kier alpha value is -6.64. The normalized spacial score (nSPS) is 12.2. The third kappa shape index (κ3) is 6.49. The zero-order chi connectivity index (χ0) is 40.7.